The largest absolute Gasteiger partial charge is 0.452 e. The van der Waals surface area contributed by atoms with E-state index in [1.807, 2.05) is 47.8 Å². The Morgan fingerprint density at radius 1 is 1.20 bits per heavy atom. The molecule has 1 amide bonds. The second kappa shape index (κ2) is 9.26. The van der Waals surface area contributed by atoms with Crippen LogP contribution < -0.4 is 0 Å². The van der Waals surface area contributed by atoms with Crippen LogP contribution in [0.5, 0.6) is 0 Å². The van der Waals surface area contributed by atoms with Crippen molar-refractivity contribution in [2.75, 3.05) is 19.7 Å². The van der Waals surface area contributed by atoms with E-state index in [9.17, 15) is 9.59 Å². The van der Waals surface area contributed by atoms with Gasteiger partial charge in [0, 0.05) is 19.3 Å². The molecule has 1 aromatic carbocycles. The highest BCUT2D eigenvalue weighted by molar-refractivity contribution is 7.13. The Balaban J connectivity index is 1.48. The zero-order valence-electron chi connectivity index (χ0n) is 17.0. The highest BCUT2D eigenvalue weighted by atomic mass is 32.1. The molecule has 0 unspecified atom stereocenters. The van der Waals surface area contributed by atoms with Crippen LogP contribution >= 0.6 is 11.3 Å². The molecular formula is C23H25N3O3S. The number of carbonyl (C=O) groups excluding carboxylic acids is 2. The maximum absolute atomic E-state index is 12.8. The van der Waals surface area contributed by atoms with Crippen molar-refractivity contribution in [3.63, 3.8) is 0 Å². The van der Waals surface area contributed by atoms with Gasteiger partial charge in [0.15, 0.2) is 6.61 Å². The van der Waals surface area contributed by atoms with Crippen molar-refractivity contribution in [1.29, 1.82) is 0 Å². The van der Waals surface area contributed by atoms with Crippen LogP contribution in [0.4, 0.5) is 0 Å². The number of hydrogen-bond donors (Lipinski definition) is 0. The minimum absolute atomic E-state index is 0.135. The van der Waals surface area contributed by atoms with Gasteiger partial charge in [-0.2, -0.15) is 5.10 Å². The molecule has 2 aromatic heterocycles. The topological polar surface area (TPSA) is 64.4 Å². The molecule has 0 spiro atoms. The van der Waals surface area contributed by atoms with Gasteiger partial charge >= 0.3 is 5.97 Å². The van der Waals surface area contributed by atoms with Gasteiger partial charge in [-0.3, -0.25) is 9.48 Å². The second-order valence-corrected chi connectivity index (χ2v) is 8.66. The van der Waals surface area contributed by atoms with E-state index in [2.05, 4.69) is 12.0 Å². The number of hydrogen-bond acceptors (Lipinski definition) is 5. The van der Waals surface area contributed by atoms with Gasteiger partial charge in [0.05, 0.1) is 11.4 Å². The smallest absolute Gasteiger partial charge is 0.342 e. The van der Waals surface area contributed by atoms with E-state index in [-0.39, 0.29) is 12.5 Å². The van der Waals surface area contributed by atoms with Crippen LogP contribution in [-0.4, -0.2) is 46.3 Å². The first kappa shape index (κ1) is 20.3. The van der Waals surface area contributed by atoms with Crippen molar-refractivity contribution < 1.29 is 14.3 Å². The van der Waals surface area contributed by atoms with E-state index in [0.717, 1.165) is 36.4 Å². The molecule has 156 valence electrons. The Morgan fingerprint density at radius 2 is 2.03 bits per heavy atom. The molecule has 30 heavy (non-hydrogen) atoms. The van der Waals surface area contributed by atoms with Crippen LogP contribution in [0.15, 0.2) is 54.0 Å². The minimum atomic E-state index is -0.517. The summed E-state index contributed by atoms with van der Waals surface area (Å²) < 4.78 is 7.15. The van der Waals surface area contributed by atoms with Crippen molar-refractivity contribution in [2.45, 2.75) is 26.3 Å². The number of nitrogens with zero attached hydrogens (tertiary/aromatic N) is 3. The van der Waals surface area contributed by atoms with E-state index in [4.69, 9.17) is 4.74 Å². The molecule has 3 heterocycles. The third-order valence-electron chi connectivity index (χ3n) is 5.26. The molecule has 0 saturated carbocycles. The first-order chi connectivity index (χ1) is 14.6. The van der Waals surface area contributed by atoms with Crippen molar-refractivity contribution >= 4 is 23.2 Å². The Kier molecular flexibility index (Phi) is 6.28. The van der Waals surface area contributed by atoms with E-state index in [0.29, 0.717) is 23.7 Å². The van der Waals surface area contributed by atoms with Crippen LogP contribution in [0.25, 0.3) is 10.6 Å². The maximum atomic E-state index is 12.8. The summed E-state index contributed by atoms with van der Waals surface area (Å²) in [7, 11) is 0. The highest BCUT2D eigenvalue weighted by Crippen LogP contribution is 2.27. The van der Waals surface area contributed by atoms with Crippen LogP contribution in [0.2, 0.25) is 0 Å². The Morgan fingerprint density at radius 3 is 2.77 bits per heavy atom. The summed E-state index contributed by atoms with van der Waals surface area (Å²) in [6, 6.07) is 13.8. The molecule has 1 aliphatic heterocycles. The van der Waals surface area contributed by atoms with E-state index in [1.54, 1.807) is 15.8 Å². The summed E-state index contributed by atoms with van der Waals surface area (Å²) in [6.45, 7) is 3.91. The number of ether oxygens (including phenoxy) is 1. The molecule has 1 aliphatic rings. The first-order valence-electron chi connectivity index (χ1n) is 10.2. The lowest BCUT2D eigenvalue weighted by atomic mass is 10.0. The van der Waals surface area contributed by atoms with Crippen molar-refractivity contribution in [2.24, 2.45) is 5.92 Å². The number of thiophene rings is 1. The van der Waals surface area contributed by atoms with Gasteiger partial charge < -0.3 is 9.64 Å². The summed E-state index contributed by atoms with van der Waals surface area (Å²) in [4.78, 5) is 28.0. The lowest BCUT2D eigenvalue weighted by Crippen LogP contribution is -2.41. The van der Waals surface area contributed by atoms with Gasteiger partial charge in [0.1, 0.15) is 11.3 Å². The zero-order chi connectivity index (χ0) is 20.9. The fourth-order valence-electron chi connectivity index (χ4n) is 3.73. The summed E-state index contributed by atoms with van der Waals surface area (Å²) in [5.41, 5.74) is 2.06. The van der Waals surface area contributed by atoms with Gasteiger partial charge in [-0.05, 0) is 35.8 Å². The van der Waals surface area contributed by atoms with E-state index >= 15 is 0 Å². The number of esters is 1. The Bertz CT molecular complexity index is 998. The number of amides is 1. The number of rotatable bonds is 6. The molecule has 0 radical (unpaired) electrons. The predicted molar refractivity (Wildman–Crippen MR) is 116 cm³/mol. The maximum Gasteiger partial charge on any atom is 0.342 e. The average molecular weight is 424 g/mol. The molecule has 3 aromatic rings. The highest BCUT2D eigenvalue weighted by Gasteiger charge is 2.24. The third-order valence-corrected chi connectivity index (χ3v) is 6.14. The SMILES string of the molecule is C[C@H]1CCCN(C(=O)COC(=O)c2cn(Cc3ccccc3)nc2-c2cccs2)C1. The Labute approximate surface area is 180 Å². The molecule has 6 nitrogen and oxygen atoms in total. The molecule has 1 fully saturated rings. The molecule has 7 heteroatoms. The lowest BCUT2D eigenvalue weighted by Gasteiger charge is -2.30. The van der Waals surface area contributed by atoms with Crippen molar-refractivity contribution in [3.8, 4) is 10.6 Å². The summed E-state index contributed by atoms with van der Waals surface area (Å²) in [6.07, 6.45) is 3.84. The lowest BCUT2D eigenvalue weighted by molar-refractivity contribution is -0.136. The minimum Gasteiger partial charge on any atom is -0.452 e. The van der Waals surface area contributed by atoms with Gasteiger partial charge in [-0.1, -0.05) is 43.3 Å². The fraction of sp³-hybridized carbons (Fsp3) is 0.348. The molecule has 0 bridgehead atoms. The van der Waals surface area contributed by atoms with Crippen LogP contribution in [0, 0.1) is 5.92 Å². The summed E-state index contributed by atoms with van der Waals surface area (Å²) in [5, 5.41) is 6.57. The molecule has 0 N–H and O–H groups in total. The standard InChI is InChI=1S/C23H25N3O3S/c1-17-7-5-11-25(13-17)21(27)16-29-23(28)19-15-26(14-18-8-3-2-4-9-18)24-22(19)20-10-6-12-30-20/h2-4,6,8-10,12,15,17H,5,7,11,13-14,16H2,1H3/t17-/m0/s1. The van der Waals surface area contributed by atoms with Gasteiger partial charge in [0.2, 0.25) is 0 Å². The van der Waals surface area contributed by atoms with Crippen LogP contribution in [-0.2, 0) is 16.1 Å². The number of carbonyl (C=O) groups is 2. The molecular weight excluding hydrogens is 398 g/mol. The predicted octanol–water partition coefficient (Wildman–Crippen LogP) is 4.08. The van der Waals surface area contributed by atoms with Gasteiger partial charge in [-0.15, -0.1) is 11.3 Å². The fourth-order valence-corrected chi connectivity index (χ4v) is 4.45. The summed E-state index contributed by atoms with van der Waals surface area (Å²) in [5.74, 6) is -0.166. The normalized spacial score (nSPS) is 16.4. The second-order valence-electron chi connectivity index (χ2n) is 7.72. The number of likely N-dealkylation sites (tertiary alicyclic amines) is 1. The van der Waals surface area contributed by atoms with E-state index < -0.39 is 5.97 Å². The number of piperidine rings is 1. The number of aromatic nitrogens is 2. The average Bonchev–Trinajstić information content (AvgIpc) is 3.42. The third kappa shape index (κ3) is 4.79. The van der Waals surface area contributed by atoms with Crippen LogP contribution in [0.3, 0.4) is 0 Å². The van der Waals surface area contributed by atoms with E-state index in [1.165, 1.54) is 11.3 Å². The van der Waals surface area contributed by atoms with Gasteiger partial charge in [0.25, 0.3) is 5.91 Å². The first-order valence-corrected chi connectivity index (χ1v) is 11.1. The van der Waals surface area contributed by atoms with Gasteiger partial charge in [-0.25, -0.2) is 4.79 Å². The zero-order valence-corrected chi connectivity index (χ0v) is 17.8. The molecule has 0 aliphatic carbocycles. The quantitative estimate of drug-likeness (QED) is 0.561. The summed E-state index contributed by atoms with van der Waals surface area (Å²) >= 11 is 1.52. The van der Waals surface area contributed by atoms with Crippen LogP contribution in [0.1, 0.15) is 35.7 Å². The molecule has 1 saturated heterocycles. The monoisotopic (exact) mass is 423 g/mol. The molecule has 4 rings (SSSR count). The van der Waals surface area contributed by atoms with Crippen molar-refractivity contribution in [1.82, 2.24) is 14.7 Å². The molecule has 1 atom stereocenters. The number of benzene rings is 1. The van der Waals surface area contributed by atoms with Crippen molar-refractivity contribution in [3.05, 3.63) is 65.2 Å². The Hall–Kier alpha value is -2.93.